The highest BCUT2D eigenvalue weighted by Crippen LogP contribution is 2.71. The summed E-state index contributed by atoms with van der Waals surface area (Å²) in [5, 5.41) is 0. The molecule has 244 valence electrons. The number of hydrogen-bond acceptors (Lipinski definition) is 4. The van der Waals surface area contributed by atoms with E-state index in [0.717, 1.165) is 26.1 Å². The molecule has 2 aliphatic heterocycles. The van der Waals surface area contributed by atoms with Gasteiger partial charge in [0.15, 0.2) is 5.79 Å². The van der Waals surface area contributed by atoms with E-state index in [1.165, 1.54) is 56.1 Å². The Hall–Kier alpha value is -1.72. The molecule has 2 aromatic rings. The Morgan fingerprint density at radius 3 is 2.16 bits per heavy atom. The molecule has 6 fully saturated rings. The summed E-state index contributed by atoms with van der Waals surface area (Å²) in [6.45, 7) is 12.4. The first-order chi connectivity index (χ1) is 21.8. The molecule has 0 unspecified atom stereocenters. The molecule has 0 bridgehead atoms. The average Bonchev–Trinajstić information content (AvgIpc) is 3.50. The van der Waals surface area contributed by atoms with Crippen LogP contribution in [0.2, 0.25) is 0 Å². The van der Waals surface area contributed by atoms with Gasteiger partial charge in [0.25, 0.3) is 0 Å². The van der Waals surface area contributed by atoms with Crippen LogP contribution in [0.1, 0.15) is 96.6 Å². The molecular formula is C41H56O4. The Morgan fingerprint density at radius 2 is 1.47 bits per heavy atom. The molecule has 4 saturated carbocycles. The Bertz CT molecular complexity index is 1310. The molecule has 0 N–H and O–H groups in total. The molecule has 6 aliphatic rings. The minimum atomic E-state index is -0.366. The molecule has 2 saturated heterocycles. The fourth-order valence-electron chi connectivity index (χ4n) is 12.2. The quantitative estimate of drug-likeness (QED) is 0.326. The second-order valence-electron chi connectivity index (χ2n) is 16.8. The molecule has 2 heterocycles. The highest BCUT2D eigenvalue weighted by Gasteiger charge is 2.71. The van der Waals surface area contributed by atoms with E-state index >= 15 is 0 Å². The van der Waals surface area contributed by atoms with E-state index in [0.29, 0.717) is 65.7 Å². The van der Waals surface area contributed by atoms with Crippen molar-refractivity contribution < 1.29 is 18.9 Å². The van der Waals surface area contributed by atoms with Crippen molar-refractivity contribution in [1.29, 1.82) is 0 Å². The lowest BCUT2D eigenvalue weighted by Crippen LogP contribution is -2.60. The lowest BCUT2D eigenvalue weighted by molar-refractivity contribution is -0.274. The van der Waals surface area contributed by atoms with Crippen molar-refractivity contribution >= 4 is 0 Å². The molecule has 1 spiro atoms. The van der Waals surface area contributed by atoms with E-state index in [2.05, 4.69) is 88.4 Å². The standard InChI is InChI=1S/C41H56O4/c1-27-17-20-41(44-24-27)28(2)37-35(45-41)22-34-33-16-15-31-21-32(42-25-29-11-7-5-8-12-29)18-19-39(31,3)38(33)36(23-40(34,37)4)43-26-30-13-9-6-10-14-30/h5-14,27-28,31-38H,15-26H2,1-4H3/t27-,28+,31+,32-,33+,34+,35+,36+,37+,38-,39+,40+,41-/m1/s1. The maximum atomic E-state index is 7.19. The first-order valence-corrected chi connectivity index (χ1v) is 18.4. The zero-order chi connectivity index (χ0) is 30.8. The minimum Gasteiger partial charge on any atom is -0.374 e. The van der Waals surface area contributed by atoms with Crippen molar-refractivity contribution in [2.45, 2.75) is 123 Å². The monoisotopic (exact) mass is 612 g/mol. The average molecular weight is 613 g/mol. The van der Waals surface area contributed by atoms with E-state index in [9.17, 15) is 0 Å². The number of rotatable bonds is 6. The minimum absolute atomic E-state index is 0.224. The first kappa shape index (κ1) is 30.6. The molecule has 4 nitrogen and oxygen atoms in total. The van der Waals surface area contributed by atoms with Crippen molar-refractivity contribution in [2.75, 3.05) is 6.61 Å². The van der Waals surface area contributed by atoms with Gasteiger partial charge in [-0.25, -0.2) is 0 Å². The van der Waals surface area contributed by atoms with Crippen LogP contribution in [0.5, 0.6) is 0 Å². The van der Waals surface area contributed by atoms with Crippen LogP contribution >= 0.6 is 0 Å². The number of hydrogen-bond donors (Lipinski definition) is 0. The van der Waals surface area contributed by atoms with E-state index in [1.54, 1.807) is 0 Å². The smallest absolute Gasteiger partial charge is 0.171 e. The molecule has 8 rings (SSSR count). The Balaban J connectivity index is 1.05. The molecule has 45 heavy (non-hydrogen) atoms. The lowest BCUT2D eigenvalue weighted by Gasteiger charge is -2.63. The zero-order valence-electron chi connectivity index (χ0n) is 28.2. The van der Waals surface area contributed by atoms with Crippen molar-refractivity contribution in [3.63, 3.8) is 0 Å². The van der Waals surface area contributed by atoms with Gasteiger partial charge in [-0.3, -0.25) is 0 Å². The van der Waals surface area contributed by atoms with Crippen molar-refractivity contribution in [1.82, 2.24) is 0 Å². The summed E-state index contributed by atoms with van der Waals surface area (Å²) in [7, 11) is 0. The van der Waals surface area contributed by atoms with Crippen molar-refractivity contribution in [3.8, 4) is 0 Å². The van der Waals surface area contributed by atoms with Gasteiger partial charge >= 0.3 is 0 Å². The molecule has 0 aromatic heterocycles. The van der Waals surface area contributed by atoms with Gasteiger partial charge in [-0.05, 0) is 109 Å². The van der Waals surface area contributed by atoms with E-state index < -0.39 is 0 Å². The van der Waals surface area contributed by atoms with Gasteiger partial charge < -0.3 is 18.9 Å². The summed E-state index contributed by atoms with van der Waals surface area (Å²) in [5.74, 6) is 3.97. The zero-order valence-corrected chi connectivity index (χ0v) is 28.2. The fourth-order valence-corrected chi connectivity index (χ4v) is 12.2. The number of benzene rings is 2. The van der Waals surface area contributed by atoms with Crippen LogP contribution in [0.15, 0.2) is 60.7 Å². The number of ether oxygens (including phenoxy) is 4. The molecule has 2 aromatic carbocycles. The van der Waals surface area contributed by atoms with Gasteiger partial charge in [0, 0.05) is 12.3 Å². The van der Waals surface area contributed by atoms with Crippen LogP contribution < -0.4 is 0 Å². The highest BCUT2D eigenvalue weighted by molar-refractivity contribution is 5.19. The summed E-state index contributed by atoms with van der Waals surface area (Å²) in [5.41, 5.74) is 3.10. The second kappa shape index (κ2) is 11.8. The van der Waals surface area contributed by atoms with Gasteiger partial charge in [-0.15, -0.1) is 0 Å². The fraction of sp³-hybridized carbons (Fsp3) is 0.707. The topological polar surface area (TPSA) is 36.9 Å². The van der Waals surface area contributed by atoms with Gasteiger partial charge in [-0.2, -0.15) is 0 Å². The Kier molecular flexibility index (Phi) is 8.00. The van der Waals surface area contributed by atoms with Gasteiger partial charge in [0.2, 0.25) is 0 Å². The molecule has 0 radical (unpaired) electrons. The third kappa shape index (κ3) is 5.16. The van der Waals surface area contributed by atoms with Crippen LogP contribution in [0.4, 0.5) is 0 Å². The molecule has 4 heteroatoms. The van der Waals surface area contributed by atoms with Crippen molar-refractivity contribution in [2.24, 2.45) is 52.3 Å². The Morgan fingerprint density at radius 1 is 0.756 bits per heavy atom. The van der Waals surface area contributed by atoms with Gasteiger partial charge in [-0.1, -0.05) is 88.4 Å². The van der Waals surface area contributed by atoms with Crippen LogP contribution in [0.3, 0.4) is 0 Å². The van der Waals surface area contributed by atoms with Gasteiger partial charge in [0.1, 0.15) is 0 Å². The largest absolute Gasteiger partial charge is 0.374 e. The predicted octanol–water partition coefficient (Wildman–Crippen LogP) is 9.21. The van der Waals surface area contributed by atoms with E-state index in [1.807, 2.05) is 0 Å². The first-order valence-electron chi connectivity index (χ1n) is 18.4. The SMILES string of the molecule is C[C@@H]1CC[C@@]2(OC1)O[C@H]1C[C@H]3[C@@H]4CC[C@H]5C[C@H](OCc6ccccc6)CC[C@]5(C)[C@H]4[C@@H](OCc4ccccc4)C[C@]3(C)[C@H]1[C@@H]2C. The normalized spacial score (nSPS) is 47.1. The third-order valence-corrected chi connectivity index (χ3v) is 14.4. The maximum absolute atomic E-state index is 7.19. The van der Waals surface area contributed by atoms with Crippen LogP contribution in [-0.4, -0.2) is 30.7 Å². The van der Waals surface area contributed by atoms with Crippen LogP contribution in [-0.2, 0) is 32.2 Å². The summed E-state index contributed by atoms with van der Waals surface area (Å²) >= 11 is 0. The van der Waals surface area contributed by atoms with E-state index in [4.69, 9.17) is 18.9 Å². The molecule has 4 aliphatic carbocycles. The third-order valence-electron chi connectivity index (χ3n) is 14.4. The van der Waals surface area contributed by atoms with Gasteiger partial charge in [0.05, 0.1) is 38.1 Å². The summed E-state index contributed by atoms with van der Waals surface area (Å²) in [6, 6.07) is 21.6. The summed E-state index contributed by atoms with van der Waals surface area (Å²) in [4.78, 5) is 0. The molecular weight excluding hydrogens is 556 g/mol. The lowest BCUT2D eigenvalue weighted by atomic mass is 9.43. The predicted molar refractivity (Wildman–Crippen MR) is 177 cm³/mol. The van der Waals surface area contributed by atoms with Crippen LogP contribution in [0, 0.1) is 52.3 Å². The second-order valence-corrected chi connectivity index (χ2v) is 16.8. The number of fused-ring (bicyclic) bond motifs is 7. The maximum Gasteiger partial charge on any atom is 0.171 e. The summed E-state index contributed by atoms with van der Waals surface area (Å²) < 4.78 is 27.5. The highest BCUT2D eigenvalue weighted by atomic mass is 16.7. The molecule has 0 amide bonds. The summed E-state index contributed by atoms with van der Waals surface area (Å²) in [6.07, 6.45) is 11.9. The van der Waals surface area contributed by atoms with Crippen LogP contribution in [0.25, 0.3) is 0 Å². The molecule has 13 atom stereocenters. The Labute approximate surface area is 271 Å². The van der Waals surface area contributed by atoms with Crippen molar-refractivity contribution in [3.05, 3.63) is 71.8 Å². The van der Waals surface area contributed by atoms with E-state index in [-0.39, 0.29) is 17.3 Å².